The van der Waals surface area contributed by atoms with E-state index in [-0.39, 0.29) is 24.8 Å². The highest BCUT2D eigenvalue weighted by Crippen LogP contribution is 2.28. The lowest BCUT2D eigenvalue weighted by Gasteiger charge is -2.14. The Kier molecular flexibility index (Phi) is 6.92. The van der Waals surface area contributed by atoms with Gasteiger partial charge in [0.2, 0.25) is 11.1 Å². The summed E-state index contributed by atoms with van der Waals surface area (Å²) in [6.07, 6.45) is 5.10. The number of hydrogen-bond donors (Lipinski definition) is 2. The van der Waals surface area contributed by atoms with E-state index in [4.69, 9.17) is 17.0 Å². The molecule has 0 fully saturated rings. The van der Waals surface area contributed by atoms with E-state index >= 15 is 0 Å². The topological polar surface area (TPSA) is 95.1 Å². The summed E-state index contributed by atoms with van der Waals surface area (Å²) in [6.45, 7) is 6.63. The van der Waals surface area contributed by atoms with Crippen molar-refractivity contribution in [3.63, 3.8) is 0 Å². The number of nitrogens with one attached hydrogen (secondary N) is 1. The van der Waals surface area contributed by atoms with Crippen LogP contribution in [0.3, 0.4) is 0 Å². The third kappa shape index (κ3) is 5.17. The van der Waals surface area contributed by atoms with Crippen LogP contribution in [0.2, 0.25) is 0 Å². The van der Waals surface area contributed by atoms with Crippen LogP contribution in [0.25, 0.3) is 0 Å². The minimum absolute atomic E-state index is 0.160. The van der Waals surface area contributed by atoms with Gasteiger partial charge in [-0.05, 0) is 30.0 Å². The van der Waals surface area contributed by atoms with Gasteiger partial charge in [-0.15, -0.1) is 16.6 Å². The zero-order valence-electron chi connectivity index (χ0n) is 15.2. The van der Waals surface area contributed by atoms with Gasteiger partial charge >= 0.3 is 0 Å². The van der Waals surface area contributed by atoms with Crippen LogP contribution in [-0.4, -0.2) is 33.1 Å². The molecule has 1 aromatic carbocycles. The molecule has 26 heavy (non-hydrogen) atoms. The number of nitrogen functional groups attached to an aromatic ring is 1. The largest absolute Gasteiger partial charge is 0.485 e. The molecule has 0 radical (unpaired) electrons. The zero-order valence-corrected chi connectivity index (χ0v) is 16.0. The van der Waals surface area contributed by atoms with Crippen molar-refractivity contribution in [2.24, 2.45) is 0 Å². The lowest BCUT2D eigenvalue weighted by molar-refractivity contribution is -0.118. The molecule has 0 unspecified atom stereocenters. The maximum absolute atomic E-state index is 11.6. The summed E-state index contributed by atoms with van der Waals surface area (Å²) in [4.78, 5) is 11.6. The quantitative estimate of drug-likeness (QED) is 0.416. The van der Waals surface area contributed by atoms with Crippen LogP contribution in [0.15, 0.2) is 23.4 Å². The molecular weight excluding hydrogens is 350 g/mol. The molecule has 138 valence electrons. The highest BCUT2D eigenvalue weighted by molar-refractivity contribution is 7.99. The van der Waals surface area contributed by atoms with Crippen molar-refractivity contribution in [1.82, 2.24) is 20.2 Å². The molecule has 2 aromatic rings. The van der Waals surface area contributed by atoms with E-state index in [9.17, 15) is 4.79 Å². The lowest BCUT2D eigenvalue weighted by Crippen LogP contribution is -2.25. The summed E-state index contributed by atoms with van der Waals surface area (Å²) < 4.78 is 7.26. The van der Waals surface area contributed by atoms with Crippen molar-refractivity contribution in [3.8, 4) is 18.1 Å². The number of nitrogens with two attached hydrogens (primary N) is 1. The van der Waals surface area contributed by atoms with Gasteiger partial charge in [-0.25, -0.2) is 4.68 Å². The van der Waals surface area contributed by atoms with E-state index in [0.29, 0.717) is 16.9 Å². The van der Waals surface area contributed by atoms with Crippen molar-refractivity contribution < 1.29 is 9.53 Å². The van der Waals surface area contributed by atoms with Gasteiger partial charge in [-0.2, -0.15) is 0 Å². The molecule has 0 spiro atoms. The van der Waals surface area contributed by atoms with Crippen molar-refractivity contribution in [2.75, 3.05) is 18.1 Å². The highest BCUT2D eigenvalue weighted by Gasteiger charge is 2.14. The predicted octanol–water partition coefficient (Wildman–Crippen LogP) is 1.84. The van der Waals surface area contributed by atoms with Crippen molar-refractivity contribution >= 4 is 17.7 Å². The molecule has 0 aliphatic heterocycles. The van der Waals surface area contributed by atoms with Crippen molar-refractivity contribution in [3.05, 3.63) is 35.2 Å². The summed E-state index contributed by atoms with van der Waals surface area (Å²) in [6, 6.07) is 6.13. The van der Waals surface area contributed by atoms with Crippen LogP contribution in [0, 0.1) is 19.3 Å². The summed E-state index contributed by atoms with van der Waals surface area (Å²) in [5, 5.41) is 11.1. The van der Waals surface area contributed by atoms with E-state index in [1.807, 2.05) is 13.0 Å². The second kappa shape index (κ2) is 9.15. The molecular formula is C18H23N5O2S. The fourth-order valence-corrected chi connectivity index (χ4v) is 2.93. The molecule has 0 atom stereocenters. The van der Waals surface area contributed by atoms with E-state index in [2.05, 4.69) is 47.4 Å². The molecule has 0 aliphatic carbocycles. The summed E-state index contributed by atoms with van der Waals surface area (Å²) in [5.41, 5.74) is 2.24. The Morgan fingerprint density at radius 3 is 2.92 bits per heavy atom. The standard InChI is InChI=1S/C18H23N5O2S/c1-5-8-20-17(24)11-26-18-22-21-16(23(18)19)10-25-15-9-13(4)6-7-14(15)12(2)3/h1,6-7,9,12H,8,10-11,19H2,2-4H3,(H,20,24). The monoisotopic (exact) mass is 373 g/mol. The molecule has 7 nitrogen and oxygen atoms in total. The number of carbonyl (C=O) groups excluding carboxylic acids is 1. The molecule has 0 saturated carbocycles. The van der Waals surface area contributed by atoms with Crippen molar-refractivity contribution in [1.29, 1.82) is 0 Å². The first-order chi connectivity index (χ1) is 12.4. The second-order valence-corrected chi connectivity index (χ2v) is 6.97. The number of nitrogens with zero attached hydrogens (tertiary/aromatic N) is 3. The average Bonchev–Trinajstić information content (AvgIpc) is 2.96. The number of carbonyl (C=O) groups is 1. The first-order valence-corrected chi connectivity index (χ1v) is 9.16. The predicted molar refractivity (Wildman–Crippen MR) is 102 cm³/mol. The maximum atomic E-state index is 11.6. The molecule has 0 saturated heterocycles. The number of benzene rings is 1. The number of amides is 1. The number of aryl methyl sites for hydroxylation is 1. The third-order valence-electron chi connectivity index (χ3n) is 3.60. The maximum Gasteiger partial charge on any atom is 0.231 e. The SMILES string of the molecule is C#CCNC(=O)CSc1nnc(COc2cc(C)ccc2C(C)C)n1N. The van der Waals surface area contributed by atoms with Crippen LogP contribution >= 0.6 is 11.8 Å². The zero-order chi connectivity index (χ0) is 19.1. The Bertz CT molecular complexity index is 810. The lowest BCUT2D eigenvalue weighted by atomic mass is 10.0. The van der Waals surface area contributed by atoms with Crippen LogP contribution in [0.5, 0.6) is 5.75 Å². The van der Waals surface area contributed by atoms with Gasteiger partial charge in [0.05, 0.1) is 12.3 Å². The summed E-state index contributed by atoms with van der Waals surface area (Å²) >= 11 is 1.19. The van der Waals surface area contributed by atoms with E-state index < -0.39 is 0 Å². The second-order valence-electron chi connectivity index (χ2n) is 6.02. The summed E-state index contributed by atoms with van der Waals surface area (Å²) in [5.74, 6) is 9.96. The number of thioether (sulfide) groups is 1. The van der Waals surface area contributed by atoms with Gasteiger partial charge in [0.1, 0.15) is 12.4 Å². The molecule has 2 rings (SSSR count). The molecule has 3 N–H and O–H groups in total. The Morgan fingerprint density at radius 1 is 1.46 bits per heavy atom. The van der Waals surface area contributed by atoms with E-state index in [0.717, 1.165) is 16.9 Å². The Balaban J connectivity index is 2.00. The van der Waals surface area contributed by atoms with Crippen LogP contribution in [0.1, 0.15) is 36.7 Å². The average molecular weight is 373 g/mol. The first kappa shape index (κ1) is 19.7. The fourth-order valence-electron chi connectivity index (χ4n) is 2.22. The number of rotatable bonds is 8. The summed E-state index contributed by atoms with van der Waals surface area (Å²) in [7, 11) is 0. The molecule has 0 aliphatic rings. The molecule has 8 heteroatoms. The Morgan fingerprint density at radius 2 is 2.23 bits per heavy atom. The normalized spacial score (nSPS) is 10.6. The van der Waals surface area contributed by atoms with Crippen LogP contribution < -0.4 is 15.9 Å². The van der Waals surface area contributed by atoms with E-state index in [1.165, 1.54) is 16.4 Å². The van der Waals surface area contributed by atoms with Gasteiger partial charge in [0.15, 0.2) is 5.82 Å². The van der Waals surface area contributed by atoms with Gasteiger partial charge in [-0.1, -0.05) is 43.7 Å². The minimum atomic E-state index is -0.185. The number of ether oxygens (including phenoxy) is 1. The van der Waals surface area contributed by atoms with Gasteiger partial charge in [0.25, 0.3) is 0 Å². The van der Waals surface area contributed by atoms with Gasteiger partial charge in [-0.3, -0.25) is 4.79 Å². The molecule has 0 bridgehead atoms. The number of terminal acetylenes is 1. The minimum Gasteiger partial charge on any atom is -0.485 e. The Hall–Kier alpha value is -2.66. The highest BCUT2D eigenvalue weighted by atomic mass is 32.2. The number of aromatic nitrogens is 3. The smallest absolute Gasteiger partial charge is 0.231 e. The van der Waals surface area contributed by atoms with Gasteiger partial charge < -0.3 is 15.9 Å². The molecule has 1 heterocycles. The molecule has 1 amide bonds. The Labute approximate surface area is 157 Å². The molecule has 1 aromatic heterocycles. The third-order valence-corrected chi connectivity index (χ3v) is 4.55. The van der Waals surface area contributed by atoms with E-state index in [1.54, 1.807) is 0 Å². The van der Waals surface area contributed by atoms with Gasteiger partial charge in [0, 0.05) is 0 Å². The van der Waals surface area contributed by atoms with Crippen LogP contribution in [0.4, 0.5) is 0 Å². The van der Waals surface area contributed by atoms with Crippen molar-refractivity contribution in [2.45, 2.75) is 38.5 Å². The fraction of sp³-hybridized carbons (Fsp3) is 0.389. The van der Waals surface area contributed by atoms with Crippen LogP contribution in [-0.2, 0) is 11.4 Å². The number of hydrogen-bond acceptors (Lipinski definition) is 6. The first-order valence-electron chi connectivity index (χ1n) is 8.18.